The van der Waals surface area contributed by atoms with Gasteiger partial charge in [0.05, 0.1) is 36.1 Å². The maximum absolute atomic E-state index is 13.2. The van der Waals surface area contributed by atoms with Crippen LogP contribution in [0.5, 0.6) is 0 Å². The third-order valence-electron chi connectivity index (χ3n) is 10.6. The molecule has 2 saturated heterocycles. The summed E-state index contributed by atoms with van der Waals surface area (Å²) in [6.45, 7) is 12.0. The van der Waals surface area contributed by atoms with Crippen LogP contribution >= 0.6 is 54.9 Å². The fourth-order valence-electron chi connectivity index (χ4n) is 7.02. The molecule has 0 aliphatic carbocycles. The van der Waals surface area contributed by atoms with E-state index in [0.717, 1.165) is 54.0 Å². The fraction of sp³-hybridized carbons (Fsp3) is 0.333. The minimum Gasteiger partial charge on any atom is -0.326 e. The van der Waals surface area contributed by atoms with Crippen LogP contribution in [-0.2, 0) is 32.2 Å². The number of nitrogens with zero attached hydrogens (tertiary/aromatic N) is 9. The van der Waals surface area contributed by atoms with Crippen molar-refractivity contribution in [3.8, 4) is 0 Å². The summed E-state index contributed by atoms with van der Waals surface area (Å²) in [7, 11) is -2.27. The Morgan fingerprint density at radius 2 is 1.05 bits per heavy atom. The van der Waals surface area contributed by atoms with E-state index in [0.29, 0.717) is 37.2 Å². The number of aromatic nitrogens is 6. The number of hydrogen-bond donors (Lipinski definition) is 1. The van der Waals surface area contributed by atoms with E-state index in [1.807, 2.05) is 37.8 Å². The number of sulfonamides is 1. The van der Waals surface area contributed by atoms with Gasteiger partial charge in [-0.3, -0.25) is 9.80 Å². The molecule has 14 nitrogen and oxygen atoms in total. The van der Waals surface area contributed by atoms with Crippen LogP contribution in [0.1, 0.15) is 48.4 Å². The van der Waals surface area contributed by atoms with Gasteiger partial charge < -0.3 is 14.5 Å². The number of halogens is 6. The molecular formula is C42H48Br2Cl2F2N10O4S2. The quantitative estimate of drug-likeness (QED) is 0.128. The maximum atomic E-state index is 13.2. The number of hydrogen-bond acceptors (Lipinski definition) is 11. The summed E-state index contributed by atoms with van der Waals surface area (Å²) in [4.78, 5) is 20.9. The maximum Gasteiger partial charge on any atom is 0.278 e. The summed E-state index contributed by atoms with van der Waals surface area (Å²) in [5.74, 6) is -0.453. The predicted molar refractivity (Wildman–Crippen MR) is 251 cm³/mol. The molecule has 6 aromatic rings. The summed E-state index contributed by atoms with van der Waals surface area (Å²) in [6.07, 6.45) is 10.3. The highest BCUT2D eigenvalue weighted by Gasteiger charge is 2.30. The molecule has 8 rings (SSSR count). The minimum absolute atomic E-state index is 0. The Balaban J connectivity index is 0.000000201. The molecule has 0 bridgehead atoms. The molecule has 2 aliphatic rings. The molecule has 6 heterocycles. The largest absolute Gasteiger partial charge is 0.326 e. The molecule has 4 aromatic heterocycles. The van der Waals surface area contributed by atoms with E-state index in [4.69, 9.17) is 10.7 Å². The van der Waals surface area contributed by atoms with Gasteiger partial charge in [0, 0.05) is 110 Å². The van der Waals surface area contributed by atoms with Crippen LogP contribution in [0.15, 0.2) is 129 Å². The molecule has 0 radical (unpaired) electrons. The van der Waals surface area contributed by atoms with Crippen LogP contribution < -0.4 is 5.32 Å². The molecule has 0 amide bonds. The van der Waals surface area contributed by atoms with Gasteiger partial charge in [0.15, 0.2) is 10.1 Å². The Kier molecular flexibility index (Phi) is 19.0. The SMILES string of the molecule is C[C@H](c1ccc(F)cc1)n1cncc1CN1CCN(S(=O)(=O)c2ccc(Br)cn2)CC1.C[C@H](c1ccc(F)cc1)n1cncc1CN1CCNCC1.Cl.O=S(=O)(Cl)c1ccc(Br)cn1. The van der Waals surface area contributed by atoms with Crippen molar-refractivity contribution in [1.82, 2.24) is 48.5 Å². The zero-order chi connectivity index (χ0) is 45.1. The molecule has 1 N–H and O–H groups in total. The van der Waals surface area contributed by atoms with E-state index >= 15 is 0 Å². The van der Waals surface area contributed by atoms with Gasteiger partial charge in [0.2, 0.25) is 0 Å². The lowest BCUT2D eigenvalue weighted by molar-refractivity contribution is 0.177. The number of benzene rings is 2. The lowest BCUT2D eigenvalue weighted by Crippen LogP contribution is -2.48. The smallest absolute Gasteiger partial charge is 0.278 e. The Labute approximate surface area is 400 Å². The monoisotopic (exact) mass is 1090 g/mol. The van der Waals surface area contributed by atoms with Gasteiger partial charge in [-0.2, -0.15) is 4.31 Å². The van der Waals surface area contributed by atoms with Gasteiger partial charge in [-0.15, -0.1) is 12.4 Å². The topological polar surface area (TPSA) is 151 Å². The molecule has 0 spiro atoms. The van der Waals surface area contributed by atoms with Gasteiger partial charge in [-0.25, -0.2) is 45.6 Å². The molecule has 64 heavy (non-hydrogen) atoms. The first-order valence-electron chi connectivity index (χ1n) is 19.9. The van der Waals surface area contributed by atoms with Crippen molar-refractivity contribution < 1.29 is 25.6 Å². The van der Waals surface area contributed by atoms with Crippen LogP contribution in [0.3, 0.4) is 0 Å². The zero-order valence-electron chi connectivity index (χ0n) is 34.9. The predicted octanol–water partition coefficient (Wildman–Crippen LogP) is 7.53. The number of imidazole rings is 2. The molecule has 2 atom stereocenters. The van der Waals surface area contributed by atoms with Gasteiger partial charge >= 0.3 is 0 Å². The number of rotatable bonds is 11. The second kappa shape index (κ2) is 23.7. The van der Waals surface area contributed by atoms with Gasteiger partial charge in [-0.05, 0) is 105 Å². The van der Waals surface area contributed by atoms with Crippen LogP contribution in [0, 0.1) is 11.6 Å². The van der Waals surface area contributed by atoms with Gasteiger partial charge in [0.1, 0.15) is 11.6 Å². The fourth-order valence-corrected chi connectivity index (χ4v) is 9.51. The van der Waals surface area contributed by atoms with Crippen molar-refractivity contribution in [3.63, 3.8) is 0 Å². The average molecular weight is 1090 g/mol. The van der Waals surface area contributed by atoms with E-state index in [9.17, 15) is 25.6 Å². The van der Waals surface area contributed by atoms with Crippen molar-refractivity contribution in [1.29, 1.82) is 0 Å². The van der Waals surface area contributed by atoms with Crippen molar-refractivity contribution in [2.24, 2.45) is 0 Å². The lowest BCUT2D eigenvalue weighted by atomic mass is 10.1. The second-order valence-corrected chi connectivity index (χ2v) is 21.0. The van der Waals surface area contributed by atoms with E-state index in [1.54, 1.807) is 30.6 Å². The first-order chi connectivity index (χ1) is 30.1. The first-order valence-corrected chi connectivity index (χ1v) is 25.3. The number of piperazine rings is 2. The van der Waals surface area contributed by atoms with Crippen LogP contribution in [0.2, 0.25) is 0 Å². The van der Waals surface area contributed by atoms with Crippen LogP contribution in [0.4, 0.5) is 8.78 Å². The molecule has 344 valence electrons. The average Bonchev–Trinajstić information content (AvgIpc) is 3.94. The molecule has 2 aromatic carbocycles. The Hall–Kier alpha value is -3.70. The summed E-state index contributed by atoms with van der Waals surface area (Å²) < 4.78 is 80.4. The molecular weight excluding hydrogens is 1040 g/mol. The molecule has 2 aliphatic heterocycles. The molecule has 0 saturated carbocycles. The highest BCUT2D eigenvalue weighted by molar-refractivity contribution is 9.10. The van der Waals surface area contributed by atoms with E-state index < -0.39 is 19.1 Å². The Morgan fingerprint density at radius 1 is 0.625 bits per heavy atom. The lowest BCUT2D eigenvalue weighted by Gasteiger charge is -2.34. The second-order valence-electron chi connectivity index (χ2n) is 14.8. The van der Waals surface area contributed by atoms with Crippen molar-refractivity contribution in [2.75, 3.05) is 52.4 Å². The van der Waals surface area contributed by atoms with Gasteiger partial charge in [-0.1, -0.05) is 24.3 Å². The highest BCUT2D eigenvalue weighted by Crippen LogP contribution is 2.24. The number of nitrogens with one attached hydrogen (secondary N) is 1. The Morgan fingerprint density at radius 3 is 1.45 bits per heavy atom. The van der Waals surface area contributed by atoms with E-state index in [1.165, 1.54) is 58.8 Å². The molecule has 2 fully saturated rings. The van der Waals surface area contributed by atoms with Crippen molar-refractivity contribution in [2.45, 2.75) is 49.1 Å². The third kappa shape index (κ3) is 14.2. The zero-order valence-corrected chi connectivity index (χ0v) is 41.3. The summed E-state index contributed by atoms with van der Waals surface area (Å²) in [6, 6.07) is 19.4. The molecule has 0 unspecified atom stereocenters. The standard InChI is InChI=1S/C21H23BrFN5O2S.C16H21FN4.C5H3BrClNO2S.ClH/c1-16(17-2-5-19(23)6-3-17)28-15-24-13-20(28)14-26-8-10-27(11-9-26)31(29,30)21-7-4-18(22)12-25-21;1-13(14-2-4-15(17)5-3-14)21-12-19-10-16(21)11-20-8-6-18-7-9-20;6-4-1-2-5(8-3-4)11(7,9)10;/h2-7,12-13,15-16H,8-11,14H2,1H3;2-5,10,12-13,18H,6-9,11H2,1H3;1-3H;1H/t16-;13-;;/m11../s1. The summed E-state index contributed by atoms with van der Waals surface area (Å²) in [5.41, 5.74) is 4.32. The minimum atomic E-state index is -3.68. The Bertz CT molecular complexity index is 2600. The van der Waals surface area contributed by atoms with Crippen molar-refractivity contribution >= 4 is 74.0 Å². The normalized spacial score (nSPS) is 16.0. The third-order valence-corrected chi connectivity index (χ3v) is 14.6. The summed E-state index contributed by atoms with van der Waals surface area (Å²) in [5, 5.41) is 3.29. The first kappa shape index (κ1) is 51.3. The van der Waals surface area contributed by atoms with E-state index in [2.05, 4.69) is 83.0 Å². The van der Waals surface area contributed by atoms with E-state index in [-0.39, 0.29) is 46.2 Å². The van der Waals surface area contributed by atoms with Crippen molar-refractivity contribution in [3.05, 3.63) is 153 Å². The van der Waals surface area contributed by atoms with Crippen LogP contribution in [-0.4, -0.2) is 112 Å². The highest BCUT2D eigenvalue weighted by atomic mass is 79.9. The summed E-state index contributed by atoms with van der Waals surface area (Å²) >= 11 is 6.39. The number of pyridine rings is 2. The molecule has 22 heteroatoms. The van der Waals surface area contributed by atoms with Crippen LogP contribution in [0.25, 0.3) is 0 Å². The van der Waals surface area contributed by atoms with Gasteiger partial charge in [0.25, 0.3) is 19.1 Å².